The van der Waals surface area contributed by atoms with E-state index in [1.54, 1.807) is 13.3 Å². The lowest BCUT2D eigenvalue weighted by atomic mass is 10.1. The molecule has 0 fully saturated rings. The molecule has 0 atom stereocenters. The molecule has 1 aromatic carbocycles. The minimum absolute atomic E-state index is 0.0872. The highest BCUT2D eigenvalue weighted by Crippen LogP contribution is 2.28. The number of nitriles is 1. The number of oxazole rings is 1. The smallest absolute Gasteiger partial charge is 0.252 e. The molecule has 144 valence electrons. The molecule has 0 spiro atoms. The van der Waals surface area contributed by atoms with Gasteiger partial charge in [-0.05, 0) is 36.1 Å². The Labute approximate surface area is 160 Å². The highest BCUT2D eigenvalue weighted by molar-refractivity contribution is 5.81. The van der Waals surface area contributed by atoms with E-state index in [4.69, 9.17) is 19.2 Å². The van der Waals surface area contributed by atoms with Crippen LogP contribution < -0.4 is 14.9 Å². The topological polar surface area (TPSA) is 92.7 Å². The van der Waals surface area contributed by atoms with Crippen molar-refractivity contribution in [1.82, 2.24) is 4.98 Å². The fourth-order valence-corrected chi connectivity index (χ4v) is 2.19. The van der Waals surface area contributed by atoms with Gasteiger partial charge in [-0.1, -0.05) is 27.7 Å². The number of hydrogen-bond donors (Lipinski definition) is 1. The first-order chi connectivity index (χ1) is 12.9. The normalized spacial score (nSPS) is 11.2. The van der Waals surface area contributed by atoms with E-state index in [9.17, 15) is 0 Å². The van der Waals surface area contributed by atoms with Gasteiger partial charge in [0.15, 0.2) is 11.5 Å². The number of benzene rings is 1. The van der Waals surface area contributed by atoms with Crippen LogP contribution in [0, 0.1) is 17.2 Å². The number of rotatable bonds is 9. The van der Waals surface area contributed by atoms with Crippen LogP contribution in [0.2, 0.25) is 0 Å². The number of hydrazone groups is 1. The summed E-state index contributed by atoms with van der Waals surface area (Å²) in [6.07, 6.45) is 2.59. The van der Waals surface area contributed by atoms with E-state index in [2.05, 4.69) is 29.4 Å². The second-order valence-corrected chi connectivity index (χ2v) is 6.81. The molecular weight excluding hydrogens is 344 g/mol. The molecule has 1 aromatic heterocycles. The SMILES string of the molecule is COc1cc(C=NNc2oc(C(C)C)nc2C#N)ccc1OCCC(C)C. The van der Waals surface area contributed by atoms with Gasteiger partial charge in [-0.2, -0.15) is 10.4 Å². The van der Waals surface area contributed by atoms with Gasteiger partial charge in [0, 0.05) is 5.92 Å². The van der Waals surface area contributed by atoms with Gasteiger partial charge in [-0.15, -0.1) is 0 Å². The average molecular weight is 370 g/mol. The molecule has 0 saturated carbocycles. The maximum absolute atomic E-state index is 9.14. The first kappa shape index (κ1) is 20.3. The zero-order valence-corrected chi connectivity index (χ0v) is 16.4. The van der Waals surface area contributed by atoms with Crippen LogP contribution in [0.25, 0.3) is 0 Å². The van der Waals surface area contributed by atoms with E-state index in [-0.39, 0.29) is 17.5 Å². The Bertz CT molecular complexity index is 819. The fraction of sp³-hybridized carbons (Fsp3) is 0.450. The summed E-state index contributed by atoms with van der Waals surface area (Å²) in [6, 6.07) is 7.56. The average Bonchev–Trinajstić information content (AvgIpc) is 3.06. The fourth-order valence-electron chi connectivity index (χ4n) is 2.19. The third-order valence-electron chi connectivity index (χ3n) is 3.76. The molecule has 1 N–H and O–H groups in total. The maximum Gasteiger partial charge on any atom is 0.252 e. The second-order valence-electron chi connectivity index (χ2n) is 6.81. The summed E-state index contributed by atoms with van der Waals surface area (Å²) in [5.41, 5.74) is 3.73. The van der Waals surface area contributed by atoms with Crippen molar-refractivity contribution in [2.24, 2.45) is 11.0 Å². The largest absolute Gasteiger partial charge is 0.493 e. The molecule has 7 nitrogen and oxygen atoms in total. The monoisotopic (exact) mass is 370 g/mol. The second kappa shape index (κ2) is 9.62. The summed E-state index contributed by atoms with van der Waals surface area (Å²) in [4.78, 5) is 4.13. The standard InChI is InChI=1S/C20H26N4O3/c1-13(2)8-9-26-17-7-6-15(10-18(17)25-5)12-22-24-20-16(11-21)23-19(27-20)14(3)4/h6-7,10,12-14,24H,8-9H2,1-5H3. The van der Waals surface area contributed by atoms with Crippen LogP contribution in [0.1, 0.15) is 57.2 Å². The summed E-state index contributed by atoms with van der Waals surface area (Å²) < 4.78 is 16.7. The zero-order valence-electron chi connectivity index (χ0n) is 16.4. The Morgan fingerprint density at radius 2 is 2.07 bits per heavy atom. The van der Waals surface area contributed by atoms with Crippen LogP contribution in [-0.2, 0) is 0 Å². The molecule has 27 heavy (non-hydrogen) atoms. The number of methoxy groups -OCH3 is 1. The van der Waals surface area contributed by atoms with Gasteiger partial charge in [-0.25, -0.2) is 10.4 Å². The highest BCUT2D eigenvalue weighted by Gasteiger charge is 2.14. The Morgan fingerprint density at radius 1 is 1.30 bits per heavy atom. The van der Waals surface area contributed by atoms with E-state index >= 15 is 0 Å². The van der Waals surface area contributed by atoms with Crippen molar-refractivity contribution >= 4 is 12.1 Å². The number of nitrogens with zero attached hydrogens (tertiary/aromatic N) is 3. The third-order valence-corrected chi connectivity index (χ3v) is 3.76. The van der Waals surface area contributed by atoms with E-state index in [0.29, 0.717) is 29.9 Å². The molecule has 0 aliphatic rings. The van der Waals surface area contributed by atoms with E-state index in [1.165, 1.54) is 0 Å². The summed E-state index contributed by atoms with van der Waals surface area (Å²) in [6.45, 7) is 8.84. The zero-order chi connectivity index (χ0) is 19.8. The Morgan fingerprint density at radius 3 is 2.70 bits per heavy atom. The van der Waals surface area contributed by atoms with Crippen molar-refractivity contribution < 1.29 is 13.9 Å². The molecule has 0 aliphatic carbocycles. The lowest BCUT2D eigenvalue weighted by Crippen LogP contribution is -2.03. The third kappa shape index (κ3) is 5.74. The van der Waals surface area contributed by atoms with Crippen molar-refractivity contribution in [3.8, 4) is 17.6 Å². The van der Waals surface area contributed by atoms with Crippen molar-refractivity contribution in [2.75, 3.05) is 19.1 Å². The van der Waals surface area contributed by atoms with Gasteiger partial charge >= 0.3 is 0 Å². The van der Waals surface area contributed by atoms with Crippen LogP contribution in [-0.4, -0.2) is 24.9 Å². The van der Waals surface area contributed by atoms with Gasteiger partial charge in [-0.3, -0.25) is 0 Å². The molecule has 0 aliphatic heterocycles. The maximum atomic E-state index is 9.14. The van der Waals surface area contributed by atoms with Crippen LogP contribution in [0.3, 0.4) is 0 Å². The Kier molecular flexibility index (Phi) is 7.24. The first-order valence-corrected chi connectivity index (χ1v) is 8.95. The molecule has 2 aromatic rings. The van der Waals surface area contributed by atoms with Crippen molar-refractivity contribution in [2.45, 2.75) is 40.0 Å². The first-order valence-electron chi connectivity index (χ1n) is 8.95. The van der Waals surface area contributed by atoms with Gasteiger partial charge in [0.25, 0.3) is 5.88 Å². The van der Waals surface area contributed by atoms with Gasteiger partial charge in [0.2, 0.25) is 11.6 Å². The molecule has 0 radical (unpaired) electrons. The van der Waals surface area contributed by atoms with E-state index in [1.807, 2.05) is 38.1 Å². The molecule has 2 rings (SSSR count). The molecule has 0 unspecified atom stereocenters. The van der Waals surface area contributed by atoms with E-state index in [0.717, 1.165) is 12.0 Å². The number of aromatic nitrogens is 1. The molecule has 0 saturated heterocycles. The molecule has 0 amide bonds. The van der Waals surface area contributed by atoms with Crippen LogP contribution in [0.4, 0.5) is 5.88 Å². The minimum Gasteiger partial charge on any atom is -0.493 e. The summed E-state index contributed by atoms with van der Waals surface area (Å²) in [5.74, 6) is 2.74. The number of anilines is 1. The molecular formula is C20H26N4O3. The van der Waals surface area contributed by atoms with Crippen molar-refractivity contribution in [3.63, 3.8) is 0 Å². The van der Waals surface area contributed by atoms with Crippen LogP contribution >= 0.6 is 0 Å². The van der Waals surface area contributed by atoms with Gasteiger partial charge < -0.3 is 13.9 Å². The molecule has 7 heteroatoms. The number of ether oxygens (including phenoxy) is 2. The van der Waals surface area contributed by atoms with Crippen molar-refractivity contribution in [1.29, 1.82) is 5.26 Å². The van der Waals surface area contributed by atoms with Gasteiger partial charge in [0.05, 0.1) is 19.9 Å². The predicted molar refractivity (Wildman–Crippen MR) is 104 cm³/mol. The minimum atomic E-state index is 0.0872. The summed E-state index contributed by atoms with van der Waals surface area (Å²) >= 11 is 0. The van der Waals surface area contributed by atoms with Crippen LogP contribution in [0.15, 0.2) is 27.7 Å². The van der Waals surface area contributed by atoms with Crippen molar-refractivity contribution in [3.05, 3.63) is 35.3 Å². The summed E-state index contributed by atoms with van der Waals surface area (Å²) in [7, 11) is 1.60. The number of nitrogens with one attached hydrogen (secondary N) is 1. The lowest BCUT2D eigenvalue weighted by Gasteiger charge is -2.12. The summed E-state index contributed by atoms with van der Waals surface area (Å²) in [5, 5.41) is 13.3. The number of hydrogen-bond acceptors (Lipinski definition) is 7. The molecule has 0 bridgehead atoms. The lowest BCUT2D eigenvalue weighted by molar-refractivity contribution is 0.273. The van der Waals surface area contributed by atoms with E-state index < -0.39 is 0 Å². The predicted octanol–water partition coefficient (Wildman–Crippen LogP) is 4.55. The molecule has 1 heterocycles. The Hall–Kier alpha value is -3.01. The quantitative estimate of drug-likeness (QED) is 0.514. The van der Waals surface area contributed by atoms with Crippen LogP contribution in [0.5, 0.6) is 11.5 Å². The highest BCUT2D eigenvalue weighted by atomic mass is 16.5. The van der Waals surface area contributed by atoms with Gasteiger partial charge in [0.1, 0.15) is 6.07 Å². The Balaban J connectivity index is 2.06.